The van der Waals surface area contributed by atoms with Crippen LogP contribution < -0.4 is 10.5 Å². The number of anilines is 1. The molecule has 11 heteroatoms. The second-order valence-electron chi connectivity index (χ2n) is 7.56. The fraction of sp³-hybridized carbons (Fsp3) is 0.154. The molecule has 5 rings (SSSR count). The van der Waals surface area contributed by atoms with Crippen molar-refractivity contribution in [2.45, 2.75) is 26.0 Å². The highest BCUT2D eigenvalue weighted by atomic mass is 35.5. The molecule has 0 unspecified atom stereocenters. The van der Waals surface area contributed by atoms with Crippen molar-refractivity contribution in [1.29, 1.82) is 0 Å². The molecule has 0 aliphatic carbocycles. The Morgan fingerprint density at radius 2 is 1.76 bits per heavy atom. The minimum atomic E-state index is -3.82. The highest BCUT2D eigenvalue weighted by Crippen LogP contribution is 2.32. The Morgan fingerprint density at radius 1 is 1.00 bits per heavy atom. The number of aromatic nitrogens is 5. The molecule has 4 aromatic heterocycles. The Balaban J connectivity index is 0.00000156. The average Bonchev–Trinajstić information content (AvgIpc) is 3.28. The smallest absolute Gasteiger partial charge is 0.395 e. The van der Waals surface area contributed by atoms with E-state index in [2.05, 4.69) is 14.7 Å². The maximum Gasteiger partial charge on any atom is 0.493 e. The van der Waals surface area contributed by atoms with Gasteiger partial charge in [0.15, 0.2) is 11.5 Å². The summed E-state index contributed by atoms with van der Waals surface area (Å²) in [6.07, 6.45) is -0.828. The van der Waals surface area contributed by atoms with Gasteiger partial charge in [-0.1, -0.05) is 26.0 Å². The summed E-state index contributed by atoms with van der Waals surface area (Å²) in [7, 11) is 0. The Bertz CT molecular complexity index is 1500. The summed E-state index contributed by atoms with van der Waals surface area (Å²) in [4.78, 5) is 17.7. The van der Waals surface area contributed by atoms with E-state index < -0.39 is 6.23 Å². The number of halogens is 2. The molecule has 0 saturated heterocycles. The second-order valence-corrected chi connectivity index (χ2v) is 7.83. The first-order chi connectivity index (χ1) is 17.8. The number of aliphatic hydroxyl groups is 2. The lowest BCUT2D eigenvalue weighted by Crippen LogP contribution is -2.29. The third-order valence-corrected chi connectivity index (χ3v) is 5.51. The number of benzene rings is 1. The highest BCUT2D eigenvalue weighted by Gasteiger charge is 2.25. The molecule has 0 radical (unpaired) electrons. The first-order valence-corrected chi connectivity index (χ1v) is 11.9. The molecule has 0 saturated carbocycles. The molecule has 0 amide bonds. The topological polar surface area (TPSA) is 132 Å². The maximum atomic E-state index is 12.9. The molecular formula is C26H24ClFN6O3. The van der Waals surface area contributed by atoms with Crippen molar-refractivity contribution in [3.8, 4) is 34.2 Å². The number of nitrogen functional groups attached to an aromatic ring is 1. The third-order valence-electron chi connectivity index (χ3n) is 5.20. The molecular weight excluding hydrogens is 499 g/mol. The molecule has 1 aromatic carbocycles. The zero-order valence-electron chi connectivity index (χ0n) is 20.0. The Hall–Kier alpha value is -4.12. The number of imidazole rings is 1. The number of hydrogen-bond acceptors (Lipinski definition) is 8. The van der Waals surface area contributed by atoms with Crippen molar-refractivity contribution in [2.24, 2.45) is 0 Å². The summed E-state index contributed by atoms with van der Waals surface area (Å²) >= 11 is 5.96. The number of ether oxygens (including phenoxy) is 1. The zero-order valence-corrected chi connectivity index (χ0v) is 20.8. The van der Waals surface area contributed by atoms with Crippen LogP contribution in [-0.4, -0.2) is 40.9 Å². The average molecular weight is 523 g/mol. The van der Waals surface area contributed by atoms with E-state index in [-0.39, 0.29) is 5.88 Å². The SMILES string of the molecule is CC.Nc1ncccc1-c1nc2ccc(-c3ccc(OC(O)(O)F)nc3)nc2n1-c1ccc(CCl)cc1. The standard InChI is InChI=1S/C24H18ClFN6O3.C2H6/c25-12-14-3-6-16(7-4-14)32-22(17-2-1-11-28-21(17)27)31-19-9-8-18(30-23(19)32)15-5-10-20(29-13-15)35-24(26,33)34;1-2/h1-11,13,33-34H,12H2,(H2,27,28);1-2H3. The molecule has 5 aromatic rings. The van der Waals surface area contributed by atoms with Crippen molar-refractivity contribution in [3.63, 3.8) is 0 Å². The number of alkyl halides is 2. The van der Waals surface area contributed by atoms with Gasteiger partial charge in [-0.3, -0.25) is 4.57 Å². The lowest BCUT2D eigenvalue weighted by Gasteiger charge is -2.12. The van der Waals surface area contributed by atoms with Crippen LogP contribution in [0.1, 0.15) is 19.4 Å². The van der Waals surface area contributed by atoms with Gasteiger partial charge in [0, 0.05) is 35.6 Å². The predicted molar refractivity (Wildman–Crippen MR) is 140 cm³/mol. The maximum absolute atomic E-state index is 12.9. The van der Waals surface area contributed by atoms with Crippen molar-refractivity contribution in [1.82, 2.24) is 24.5 Å². The van der Waals surface area contributed by atoms with E-state index in [1.165, 1.54) is 12.3 Å². The minimum absolute atomic E-state index is 0.305. The number of pyridine rings is 3. The number of nitrogens with zero attached hydrogens (tertiary/aromatic N) is 5. The highest BCUT2D eigenvalue weighted by molar-refractivity contribution is 6.17. The monoisotopic (exact) mass is 522 g/mol. The molecule has 4 heterocycles. The zero-order chi connectivity index (χ0) is 26.6. The van der Waals surface area contributed by atoms with E-state index in [4.69, 9.17) is 37.5 Å². The van der Waals surface area contributed by atoms with E-state index in [1.807, 2.05) is 54.8 Å². The van der Waals surface area contributed by atoms with Crippen molar-refractivity contribution in [3.05, 3.63) is 78.6 Å². The van der Waals surface area contributed by atoms with E-state index in [1.54, 1.807) is 24.4 Å². The normalized spacial score (nSPS) is 11.2. The van der Waals surface area contributed by atoms with E-state index in [0.29, 0.717) is 45.5 Å². The second kappa shape index (κ2) is 10.9. The summed E-state index contributed by atoms with van der Waals surface area (Å²) < 4.78 is 19.1. The van der Waals surface area contributed by atoms with Crippen LogP contribution in [0.4, 0.5) is 10.2 Å². The molecule has 0 spiro atoms. The van der Waals surface area contributed by atoms with Crippen LogP contribution in [0.15, 0.2) is 73.1 Å². The summed E-state index contributed by atoms with van der Waals surface area (Å²) in [5.74, 6) is 0.985. The molecule has 9 nitrogen and oxygen atoms in total. The molecule has 190 valence electrons. The first kappa shape index (κ1) is 26.0. The third kappa shape index (κ3) is 5.67. The summed E-state index contributed by atoms with van der Waals surface area (Å²) in [5, 5.41) is 17.5. The summed E-state index contributed by atoms with van der Waals surface area (Å²) in [5.41, 5.74) is 10.9. The molecule has 0 fully saturated rings. The lowest BCUT2D eigenvalue weighted by atomic mass is 10.2. The number of fused-ring (bicyclic) bond motifs is 1. The van der Waals surface area contributed by atoms with Gasteiger partial charge in [-0.25, -0.2) is 19.9 Å². The molecule has 0 aliphatic rings. The van der Waals surface area contributed by atoms with Gasteiger partial charge in [0.1, 0.15) is 11.3 Å². The van der Waals surface area contributed by atoms with Crippen LogP contribution in [0.3, 0.4) is 0 Å². The Labute approximate surface area is 217 Å². The first-order valence-electron chi connectivity index (χ1n) is 11.4. The number of hydrogen-bond donors (Lipinski definition) is 3. The fourth-order valence-electron chi connectivity index (χ4n) is 3.61. The Morgan fingerprint density at radius 3 is 2.38 bits per heavy atom. The Kier molecular flexibility index (Phi) is 7.63. The van der Waals surface area contributed by atoms with Gasteiger partial charge in [0.05, 0.1) is 11.3 Å². The van der Waals surface area contributed by atoms with Crippen LogP contribution in [-0.2, 0) is 5.88 Å². The van der Waals surface area contributed by atoms with Crippen molar-refractivity contribution >= 4 is 28.6 Å². The van der Waals surface area contributed by atoms with E-state index >= 15 is 0 Å². The molecule has 0 aliphatic heterocycles. The van der Waals surface area contributed by atoms with E-state index in [0.717, 1.165) is 11.3 Å². The van der Waals surface area contributed by atoms with Crippen LogP contribution in [0.25, 0.3) is 39.5 Å². The van der Waals surface area contributed by atoms with Gasteiger partial charge in [-0.05, 0) is 48.0 Å². The van der Waals surface area contributed by atoms with Gasteiger partial charge >= 0.3 is 6.23 Å². The van der Waals surface area contributed by atoms with Crippen molar-refractivity contribution < 1.29 is 19.3 Å². The van der Waals surface area contributed by atoms with Crippen LogP contribution in [0.5, 0.6) is 5.88 Å². The van der Waals surface area contributed by atoms with Gasteiger partial charge < -0.3 is 20.7 Å². The summed E-state index contributed by atoms with van der Waals surface area (Å²) in [6.45, 7) is 4.00. The van der Waals surface area contributed by atoms with Crippen LogP contribution in [0, 0.1) is 0 Å². The van der Waals surface area contributed by atoms with E-state index in [9.17, 15) is 4.39 Å². The van der Waals surface area contributed by atoms with Gasteiger partial charge in [-0.15, -0.1) is 16.0 Å². The van der Waals surface area contributed by atoms with Crippen molar-refractivity contribution in [2.75, 3.05) is 5.73 Å². The molecule has 37 heavy (non-hydrogen) atoms. The predicted octanol–water partition coefficient (Wildman–Crippen LogP) is 4.84. The number of nitrogens with two attached hydrogens (primary N) is 1. The van der Waals surface area contributed by atoms with Crippen LogP contribution >= 0.6 is 11.6 Å². The number of rotatable bonds is 6. The van der Waals surface area contributed by atoms with Gasteiger partial charge in [0.25, 0.3) is 0 Å². The minimum Gasteiger partial charge on any atom is -0.395 e. The van der Waals surface area contributed by atoms with Crippen LogP contribution in [0.2, 0.25) is 0 Å². The molecule has 0 bridgehead atoms. The molecule has 0 atom stereocenters. The largest absolute Gasteiger partial charge is 0.493 e. The lowest BCUT2D eigenvalue weighted by molar-refractivity contribution is -0.376. The summed E-state index contributed by atoms with van der Waals surface area (Å²) in [6, 6.07) is 17.7. The fourth-order valence-corrected chi connectivity index (χ4v) is 3.79. The quantitative estimate of drug-likeness (QED) is 0.213. The molecule has 4 N–H and O–H groups in total. The van der Waals surface area contributed by atoms with Gasteiger partial charge in [0.2, 0.25) is 5.88 Å². The van der Waals surface area contributed by atoms with Gasteiger partial charge in [-0.2, -0.15) is 0 Å².